The van der Waals surface area contributed by atoms with Gasteiger partial charge in [0.1, 0.15) is 11.6 Å². The Morgan fingerprint density at radius 3 is 2.53 bits per heavy atom. The van der Waals surface area contributed by atoms with Crippen LogP contribution in [-0.4, -0.2) is 37.1 Å². The van der Waals surface area contributed by atoms with E-state index < -0.39 is 0 Å². The second kappa shape index (κ2) is 6.68. The van der Waals surface area contributed by atoms with Gasteiger partial charge in [-0.15, -0.1) is 0 Å². The van der Waals surface area contributed by atoms with Crippen molar-refractivity contribution in [3.63, 3.8) is 0 Å². The lowest BCUT2D eigenvalue weighted by molar-refractivity contribution is -0.130. The van der Waals surface area contributed by atoms with E-state index in [0.29, 0.717) is 26.3 Å². The number of amides is 1. The average molecular weight is 368 g/mol. The van der Waals surface area contributed by atoms with Gasteiger partial charge in [0.2, 0.25) is 0 Å². The Labute approximate surface area is 125 Å². The van der Waals surface area contributed by atoms with Crippen LogP contribution in [0.3, 0.4) is 0 Å². The molecule has 5 heteroatoms. The van der Waals surface area contributed by atoms with Gasteiger partial charge in [0.15, 0.2) is 0 Å². The van der Waals surface area contributed by atoms with Crippen LogP contribution in [0, 0.1) is 14.9 Å². The van der Waals surface area contributed by atoms with E-state index in [1.807, 2.05) is 30.3 Å². The molecule has 1 heterocycles. The Hall–Kier alpha value is -1.39. The van der Waals surface area contributed by atoms with Crippen LogP contribution >= 0.6 is 22.6 Å². The highest BCUT2D eigenvalue weighted by molar-refractivity contribution is 14.1. The van der Waals surface area contributed by atoms with Gasteiger partial charge < -0.3 is 9.64 Å². The molecule has 1 aromatic rings. The lowest BCUT2D eigenvalue weighted by atomic mass is 10.1. The first-order valence-corrected chi connectivity index (χ1v) is 7.03. The fraction of sp³-hybridized carbons (Fsp3) is 0.286. The van der Waals surface area contributed by atoms with E-state index in [4.69, 9.17) is 10.00 Å². The Morgan fingerprint density at radius 1 is 1.32 bits per heavy atom. The summed E-state index contributed by atoms with van der Waals surface area (Å²) in [6, 6.07) is 9.67. The monoisotopic (exact) mass is 368 g/mol. The summed E-state index contributed by atoms with van der Waals surface area (Å²) in [5, 5.41) is 9.14. The first-order valence-electron chi connectivity index (χ1n) is 5.95. The summed E-state index contributed by atoms with van der Waals surface area (Å²) in [6.07, 6.45) is 1.63. The molecule has 1 aromatic carbocycles. The summed E-state index contributed by atoms with van der Waals surface area (Å²) >= 11 is 2.21. The minimum absolute atomic E-state index is 0.170. The summed E-state index contributed by atoms with van der Waals surface area (Å²) in [7, 11) is 0. The molecule has 1 saturated heterocycles. The van der Waals surface area contributed by atoms with E-state index in [9.17, 15) is 4.79 Å². The van der Waals surface area contributed by atoms with Crippen molar-refractivity contribution in [2.75, 3.05) is 26.3 Å². The maximum Gasteiger partial charge on any atom is 0.264 e. The molecule has 98 valence electrons. The molecule has 0 atom stereocenters. The van der Waals surface area contributed by atoms with Gasteiger partial charge in [0, 0.05) is 16.7 Å². The number of nitriles is 1. The second-order valence-corrected chi connectivity index (χ2v) is 5.37. The molecule has 19 heavy (non-hydrogen) atoms. The Kier molecular flexibility index (Phi) is 4.93. The van der Waals surface area contributed by atoms with Crippen LogP contribution in [0.25, 0.3) is 6.08 Å². The number of nitrogens with zero attached hydrogens (tertiary/aromatic N) is 2. The van der Waals surface area contributed by atoms with Crippen molar-refractivity contribution < 1.29 is 9.53 Å². The van der Waals surface area contributed by atoms with Gasteiger partial charge in [0.25, 0.3) is 5.91 Å². The molecule has 2 rings (SSSR count). The van der Waals surface area contributed by atoms with Crippen LogP contribution in [0.5, 0.6) is 0 Å². The zero-order valence-corrected chi connectivity index (χ0v) is 12.5. The van der Waals surface area contributed by atoms with E-state index in [0.717, 1.165) is 9.13 Å². The van der Waals surface area contributed by atoms with Gasteiger partial charge >= 0.3 is 0 Å². The number of rotatable bonds is 2. The molecule has 1 fully saturated rings. The van der Waals surface area contributed by atoms with E-state index in [1.165, 1.54) is 0 Å². The number of ether oxygens (including phenoxy) is 1. The highest BCUT2D eigenvalue weighted by atomic mass is 127. The van der Waals surface area contributed by atoms with Crippen molar-refractivity contribution in [3.05, 3.63) is 39.0 Å². The second-order valence-electron chi connectivity index (χ2n) is 4.13. The Morgan fingerprint density at radius 2 is 1.95 bits per heavy atom. The van der Waals surface area contributed by atoms with E-state index >= 15 is 0 Å². The summed E-state index contributed by atoms with van der Waals surface area (Å²) in [6.45, 7) is 2.16. The normalized spacial score (nSPS) is 16.0. The molecule has 0 radical (unpaired) electrons. The zero-order valence-electron chi connectivity index (χ0n) is 10.3. The first kappa shape index (κ1) is 14.0. The molecular formula is C14H13IN2O2. The molecule has 0 bridgehead atoms. The molecule has 0 saturated carbocycles. The van der Waals surface area contributed by atoms with Crippen LogP contribution in [0.15, 0.2) is 29.8 Å². The molecule has 0 unspecified atom stereocenters. The van der Waals surface area contributed by atoms with Gasteiger partial charge in [-0.3, -0.25) is 4.79 Å². The highest BCUT2D eigenvalue weighted by Crippen LogP contribution is 2.12. The number of halogens is 1. The van der Waals surface area contributed by atoms with Crippen LogP contribution in [0.1, 0.15) is 5.56 Å². The van der Waals surface area contributed by atoms with Crippen LogP contribution in [0.2, 0.25) is 0 Å². The first-order chi connectivity index (χ1) is 9.20. The van der Waals surface area contributed by atoms with Crippen molar-refractivity contribution >= 4 is 34.6 Å². The summed E-state index contributed by atoms with van der Waals surface area (Å²) in [5.74, 6) is -0.218. The largest absolute Gasteiger partial charge is 0.378 e. The number of benzene rings is 1. The highest BCUT2D eigenvalue weighted by Gasteiger charge is 2.20. The molecule has 4 nitrogen and oxygen atoms in total. The summed E-state index contributed by atoms with van der Waals surface area (Å²) in [4.78, 5) is 13.8. The maximum atomic E-state index is 12.2. The zero-order chi connectivity index (χ0) is 13.7. The maximum absolute atomic E-state index is 12.2. The molecule has 1 aliphatic rings. The third-order valence-electron chi connectivity index (χ3n) is 2.83. The molecule has 0 spiro atoms. The lowest BCUT2D eigenvalue weighted by Crippen LogP contribution is -2.41. The fourth-order valence-electron chi connectivity index (χ4n) is 1.80. The molecule has 0 aliphatic carbocycles. The van der Waals surface area contributed by atoms with Crippen molar-refractivity contribution in [2.45, 2.75) is 0 Å². The van der Waals surface area contributed by atoms with Gasteiger partial charge in [0.05, 0.1) is 13.2 Å². The van der Waals surface area contributed by atoms with Crippen LogP contribution in [-0.2, 0) is 9.53 Å². The van der Waals surface area contributed by atoms with E-state index in [2.05, 4.69) is 22.6 Å². The standard InChI is InChI=1S/C14H13IN2O2/c15-13-3-1-11(2-4-13)9-12(10-16)14(18)17-5-7-19-8-6-17/h1-4,9H,5-8H2/b12-9+. The van der Waals surface area contributed by atoms with Crippen molar-refractivity contribution in [1.82, 2.24) is 4.90 Å². The summed E-state index contributed by atoms with van der Waals surface area (Å²) < 4.78 is 6.32. The third kappa shape index (κ3) is 3.78. The average Bonchev–Trinajstić information content (AvgIpc) is 2.47. The summed E-state index contributed by atoms with van der Waals surface area (Å²) in [5.41, 5.74) is 1.03. The number of carbonyl (C=O) groups excluding carboxylic acids is 1. The quantitative estimate of drug-likeness (QED) is 0.456. The molecular weight excluding hydrogens is 355 g/mol. The number of morpholine rings is 1. The SMILES string of the molecule is N#C/C(=C\c1ccc(I)cc1)C(=O)N1CCOCC1. The van der Waals surface area contributed by atoms with E-state index in [1.54, 1.807) is 11.0 Å². The van der Waals surface area contributed by atoms with Gasteiger partial charge in [-0.1, -0.05) is 12.1 Å². The van der Waals surface area contributed by atoms with Crippen LogP contribution < -0.4 is 0 Å². The van der Waals surface area contributed by atoms with Crippen LogP contribution in [0.4, 0.5) is 0 Å². The van der Waals surface area contributed by atoms with Gasteiger partial charge in [-0.25, -0.2) is 0 Å². The molecule has 0 aromatic heterocycles. The minimum Gasteiger partial charge on any atom is -0.378 e. The minimum atomic E-state index is -0.218. The third-order valence-corrected chi connectivity index (χ3v) is 3.55. The molecule has 0 N–H and O–H groups in total. The Balaban J connectivity index is 2.17. The Bertz CT molecular complexity index is 525. The topological polar surface area (TPSA) is 53.3 Å². The predicted octanol–water partition coefficient (Wildman–Crippen LogP) is 2.06. The number of hydrogen-bond acceptors (Lipinski definition) is 3. The van der Waals surface area contributed by atoms with Crippen molar-refractivity contribution in [2.24, 2.45) is 0 Å². The molecule has 1 amide bonds. The lowest BCUT2D eigenvalue weighted by Gasteiger charge is -2.26. The van der Waals surface area contributed by atoms with Crippen molar-refractivity contribution in [3.8, 4) is 6.07 Å². The van der Waals surface area contributed by atoms with Gasteiger partial charge in [-0.2, -0.15) is 5.26 Å². The van der Waals surface area contributed by atoms with Gasteiger partial charge in [-0.05, 0) is 46.4 Å². The van der Waals surface area contributed by atoms with E-state index in [-0.39, 0.29) is 11.5 Å². The molecule has 1 aliphatic heterocycles. The predicted molar refractivity (Wildman–Crippen MR) is 80.1 cm³/mol. The van der Waals surface area contributed by atoms with Crippen molar-refractivity contribution in [1.29, 1.82) is 5.26 Å². The number of hydrogen-bond donors (Lipinski definition) is 0. The fourth-order valence-corrected chi connectivity index (χ4v) is 2.16. The smallest absolute Gasteiger partial charge is 0.264 e. The number of carbonyl (C=O) groups is 1.